The number of rotatable bonds is 4. The highest BCUT2D eigenvalue weighted by molar-refractivity contribution is 6.30. The molecule has 1 heterocycles. The van der Waals surface area contributed by atoms with E-state index in [0.717, 1.165) is 5.56 Å². The van der Waals surface area contributed by atoms with Gasteiger partial charge >= 0.3 is 0 Å². The molecule has 0 spiro atoms. The average molecular weight is 420 g/mol. The van der Waals surface area contributed by atoms with E-state index in [1.807, 2.05) is 42.5 Å². The van der Waals surface area contributed by atoms with E-state index in [9.17, 15) is 9.59 Å². The molecule has 4 rings (SSSR count). The van der Waals surface area contributed by atoms with Crippen molar-refractivity contribution in [2.24, 2.45) is 4.99 Å². The SMILES string of the molecule is O=C1C[C@H](c2ccc(Cl)cc2)N=C(NC(=O)c2ccc(Oc3ccccc3)cc2)N1. The third-order valence-electron chi connectivity index (χ3n) is 4.50. The van der Waals surface area contributed by atoms with Gasteiger partial charge in [0.1, 0.15) is 11.5 Å². The first-order valence-corrected chi connectivity index (χ1v) is 9.72. The van der Waals surface area contributed by atoms with Gasteiger partial charge in [-0.3, -0.25) is 20.2 Å². The molecule has 1 atom stereocenters. The molecule has 0 aromatic heterocycles. The summed E-state index contributed by atoms with van der Waals surface area (Å²) in [5.41, 5.74) is 1.27. The molecule has 0 unspecified atom stereocenters. The first-order valence-electron chi connectivity index (χ1n) is 9.34. The van der Waals surface area contributed by atoms with E-state index in [4.69, 9.17) is 16.3 Å². The van der Waals surface area contributed by atoms with E-state index in [0.29, 0.717) is 22.1 Å². The molecule has 3 aromatic carbocycles. The Morgan fingerprint density at radius 2 is 1.63 bits per heavy atom. The number of nitrogens with zero attached hydrogens (tertiary/aromatic N) is 1. The van der Waals surface area contributed by atoms with Gasteiger partial charge < -0.3 is 4.74 Å². The number of carbonyl (C=O) groups is 2. The molecule has 1 aliphatic heterocycles. The maximum Gasteiger partial charge on any atom is 0.257 e. The van der Waals surface area contributed by atoms with Crippen molar-refractivity contribution in [2.75, 3.05) is 0 Å². The van der Waals surface area contributed by atoms with Gasteiger partial charge in [-0.25, -0.2) is 4.99 Å². The van der Waals surface area contributed by atoms with Crippen molar-refractivity contribution >= 4 is 29.4 Å². The van der Waals surface area contributed by atoms with Crippen LogP contribution in [-0.2, 0) is 4.79 Å². The minimum Gasteiger partial charge on any atom is -0.457 e. The molecule has 30 heavy (non-hydrogen) atoms. The van der Waals surface area contributed by atoms with Crippen LogP contribution in [0.2, 0.25) is 5.02 Å². The lowest BCUT2D eigenvalue weighted by Crippen LogP contribution is -2.47. The summed E-state index contributed by atoms with van der Waals surface area (Å²) in [6, 6.07) is 22.8. The summed E-state index contributed by atoms with van der Waals surface area (Å²) in [6.07, 6.45) is 0.201. The summed E-state index contributed by atoms with van der Waals surface area (Å²) in [6.45, 7) is 0. The Balaban J connectivity index is 1.44. The minimum atomic E-state index is -0.382. The van der Waals surface area contributed by atoms with Crippen molar-refractivity contribution in [3.63, 3.8) is 0 Å². The largest absolute Gasteiger partial charge is 0.457 e. The Kier molecular flexibility index (Phi) is 5.77. The molecule has 2 amide bonds. The predicted octanol–water partition coefficient (Wildman–Crippen LogP) is 4.48. The highest BCUT2D eigenvalue weighted by atomic mass is 35.5. The maximum atomic E-state index is 12.6. The van der Waals surface area contributed by atoms with Gasteiger partial charge in [-0.2, -0.15) is 0 Å². The van der Waals surface area contributed by atoms with Gasteiger partial charge in [0, 0.05) is 10.6 Å². The molecule has 0 fully saturated rings. The maximum absolute atomic E-state index is 12.6. The molecule has 7 heteroatoms. The molecule has 0 saturated carbocycles. The van der Waals surface area contributed by atoms with Crippen molar-refractivity contribution in [3.05, 3.63) is 95.0 Å². The van der Waals surface area contributed by atoms with Gasteiger partial charge in [0.25, 0.3) is 5.91 Å². The first-order chi connectivity index (χ1) is 14.6. The van der Waals surface area contributed by atoms with E-state index in [1.54, 1.807) is 36.4 Å². The number of hydrogen-bond donors (Lipinski definition) is 2. The van der Waals surface area contributed by atoms with Crippen molar-refractivity contribution in [1.29, 1.82) is 0 Å². The van der Waals surface area contributed by atoms with Crippen molar-refractivity contribution in [3.8, 4) is 11.5 Å². The molecule has 3 aromatic rings. The third-order valence-corrected chi connectivity index (χ3v) is 4.76. The Labute approximate surface area is 178 Å². The summed E-state index contributed by atoms with van der Waals surface area (Å²) >= 11 is 5.92. The second-order valence-electron chi connectivity index (χ2n) is 6.69. The van der Waals surface area contributed by atoms with Crippen LogP contribution in [0.25, 0.3) is 0 Å². The number of hydrogen-bond acceptors (Lipinski definition) is 4. The standard InChI is InChI=1S/C23H18ClN3O3/c24-17-10-6-15(7-11-17)20-14-21(28)26-23(25-20)27-22(29)16-8-12-19(13-9-16)30-18-4-2-1-3-5-18/h1-13,20H,14H2,(H2,25,26,27,28,29)/t20-/m1/s1. The van der Waals surface area contributed by atoms with E-state index in [1.165, 1.54) is 0 Å². The topological polar surface area (TPSA) is 79.8 Å². The van der Waals surface area contributed by atoms with Gasteiger partial charge in [0.2, 0.25) is 11.9 Å². The molecule has 0 saturated heterocycles. The number of carbonyl (C=O) groups excluding carboxylic acids is 2. The summed E-state index contributed by atoms with van der Waals surface area (Å²) in [5.74, 6) is 0.857. The highest BCUT2D eigenvalue weighted by Gasteiger charge is 2.23. The monoisotopic (exact) mass is 419 g/mol. The molecule has 0 bridgehead atoms. The third kappa shape index (κ3) is 4.85. The normalized spacial score (nSPS) is 15.7. The van der Waals surface area contributed by atoms with Crippen LogP contribution in [0.5, 0.6) is 11.5 Å². The van der Waals surface area contributed by atoms with E-state index >= 15 is 0 Å². The Morgan fingerprint density at radius 1 is 0.967 bits per heavy atom. The summed E-state index contributed by atoms with van der Waals surface area (Å²) in [4.78, 5) is 29.1. The van der Waals surface area contributed by atoms with Crippen molar-refractivity contribution < 1.29 is 14.3 Å². The number of nitrogens with one attached hydrogen (secondary N) is 2. The number of para-hydroxylation sites is 1. The number of ether oxygens (including phenoxy) is 1. The first kappa shape index (κ1) is 19.7. The molecule has 0 aliphatic carbocycles. The van der Waals surface area contributed by atoms with Crippen LogP contribution in [0, 0.1) is 0 Å². The van der Waals surface area contributed by atoms with Crippen molar-refractivity contribution in [2.45, 2.75) is 12.5 Å². The van der Waals surface area contributed by atoms with Crippen LogP contribution in [-0.4, -0.2) is 17.8 Å². The number of halogens is 1. The molecule has 1 aliphatic rings. The molecule has 2 N–H and O–H groups in total. The van der Waals surface area contributed by atoms with Crippen LogP contribution in [0.3, 0.4) is 0 Å². The van der Waals surface area contributed by atoms with E-state index < -0.39 is 0 Å². The van der Waals surface area contributed by atoms with Gasteiger partial charge in [0.15, 0.2) is 0 Å². The number of benzene rings is 3. The summed E-state index contributed by atoms with van der Waals surface area (Å²) in [7, 11) is 0. The smallest absolute Gasteiger partial charge is 0.257 e. The fraction of sp³-hybridized carbons (Fsp3) is 0.0870. The zero-order valence-electron chi connectivity index (χ0n) is 15.8. The Bertz CT molecular complexity index is 1080. The highest BCUT2D eigenvalue weighted by Crippen LogP contribution is 2.25. The lowest BCUT2D eigenvalue weighted by molar-refractivity contribution is -0.120. The zero-order valence-corrected chi connectivity index (χ0v) is 16.6. The number of amides is 2. The van der Waals surface area contributed by atoms with Crippen molar-refractivity contribution in [1.82, 2.24) is 10.6 Å². The van der Waals surface area contributed by atoms with E-state index in [-0.39, 0.29) is 30.2 Å². The van der Waals surface area contributed by atoms with Gasteiger partial charge in [-0.1, -0.05) is 41.9 Å². The number of aliphatic imine (C=N–C) groups is 1. The second kappa shape index (κ2) is 8.80. The van der Waals surface area contributed by atoms with Gasteiger partial charge in [-0.05, 0) is 54.1 Å². The lowest BCUT2D eigenvalue weighted by Gasteiger charge is -2.21. The average Bonchev–Trinajstić information content (AvgIpc) is 2.75. The van der Waals surface area contributed by atoms with Crippen LogP contribution in [0.15, 0.2) is 83.9 Å². The molecular weight excluding hydrogens is 402 g/mol. The molecular formula is C23H18ClN3O3. The number of guanidine groups is 1. The van der Waals surface area contributed by atoms with Crippen LogP contribution in [0.4, 0.5) is 0 Å². The summed E-state index contributed by atoms with van der Waals surface area (Å²) < 4.78 is 5.73. The Morgan fingerprint density at radius 3 is 2.33 bits per heavy atom. The minimum absolute atomic E-state index is 0.126. The molecule has 0 radical (unpaired) electrons. The lowest BCUT2D eigenvalue weighted by atomic mass is 10.0. The second-order valence-corrected chi connectivity index (χ2v) is 7.13. The fourth-order valence-electron chi connectivity index (χ4n) is 3.01. The molecule has 150 valence electrons. The van der Waals surface area contributed by atoms with Gasteiger partial charge in [0.05, 0.1) is 12.5 Å². The van der Waals surface area contributed by atoms with Crippen LogP contribution in [0.1, 0.15) is 28.4 Å². The van der Waals surface area contributed by atoms with E-state index in [2.05, 4.69) is 15.6 Å². The fourth-order valence-corrected chi connectivity index (χ4v) is 3.14. The Hall–Kier alpha value is -3.64. The van der Waals surface area contributed by atoms with Crippen LogP contribution >= 0.6 is 11.6 Å². The molecule has 6 nitrogen and oxygen atoms in total. The summed E-state index contributed by atoms with van der Waals surface area (Å²) in [5, 5.41) is 5.87. The quantitative estimate of drug-likeness (QED) is 0.654. The van der Waals surface area contributed by atoms with Gasteiger partial charge in [-0.15, -0.1) is 0 Å². The van der Waals surface area contributed by atoms with Crippen LogP contribution < -0.4 is 15.4 Å². The predicted molar refractivity (Wildman–Crippen MR) is 115 cm³/mol. The zero-order chi connectivity index (χ0) is 20.9.